The number of benzene rings is 3. The van der Waals surface area contributed by atoms with E-state index in [2.05, 4.69) is 114 Å². The number of rotatable bonds is 11. The van der Waals surface area contributed by atoms with Gasteiger partial charge in [0.2, 0.25) is 0 Å². The minimum absolute atomic E-state index is 0.191. The average Bonchev–Trinajstić information content (AvgIpc) is 3.66. The van der Waals surface area contributed by atoms with Crippen molar-refractivity contribution in [3.8, 4) is 0 Å². The Labute approximate surface area is 234 Å². The lowest BCUT2D eigenvalue weighted by molar-refractivity contribution is 0.645. The molecule has 0 radical (unpaired) electrons. The number of hydrogen-bond acceptors (Lipinski definition) is 1. The van der Waals surface area contributed by atoms with Gasteiger partial charge in [0.15, 0.2) is 0 Å². The van der Waals surface area contributed by atoms with E-state index >= 15 is 0 Å². The summed E-state index contributed by atoms with van der Waals surface area (Å²) in [6.45, 7) is 11.3. The van der Waals surface area contributed by atoms with Crippen LogP contribution in [-0.4, -0.2) is 22.2 Å². The molecule has 0 N–H and O–H groups in total. The average molecular weight is 518 g/mol. The fourth-order valence-corrected chi connectivity index (χ4v) is 6.74. The standard InChI is InChI=1S/C36H43N3/c1-4-7-21-38-25-31(29-13-9-11-15-34(29)38)36(28-17-18-33-27(24-28)19-23-37(33)20-6-3)32-26-39(22-8-5-2)35-16-12-10-14-30(32)35/h9-18,24-26,36H,4-8,19-23H2,1-3H3. The van der Waals surface area contributed by atoms with Crippen LogP contribution in [0.4, 0.5) is 5.69 Å². The molecule has 2 aromatic heterocycles. The lowest BCUT2D eigenvalue weighted by Gasteiger charge is -2.21. The van der Waals surface area contributed by atoms with E-state index < -0.39 is 0 Å². The molecule has 0 amide bonds. The Hall–Kier alpha value is -3.46. The van der Waals surface area contributed by atoms with Gasteiger partial charge in [0.1, 0.15) is 0 Å². The second-order valence-electron chi connectivity index (χ2n) is 11.4. The highest BCUT2D eigenvalue weighted by atomic mass is 15.1. The predicted molar refractivity (Wildman–Crippen MR) is 167 cm³/mol. The highest BCUT2D eigenvalue weighted by molar-refractivity contribution is 5.90. The van der Waals surface area contributed by atoms with E-state index in [1.54, 1.807) is 0 Å². The molecular weight excluding hydrogens is 474 g/mol. The van der Waals surface area contributed by atoms with E-state index in [0.29, 0.717) is 0 Å². The molecule has 6 rings (SSSR count). The fourth-order valence-electron chi connectivity index (χ4n) is 6.74. The maximum atomic E-state index is 2.57. The topological polar surface area (TPSA) is 13.1 Å². The summed E-state index contributed by atoms with van der Waals surface area (Å²) in [5.74, 6) is 0.191. The smallest absolute Gasteiger partial charge is 0.0483 e. The monoisotopic (exact) mass is 517 g/mol. The molecule has 0 bridgehead atoms. The van der Waals surface area contributed by atoms with E-state index in [1.807, 2.05) is 0 Å². The van der Waals surface area contributed by atoms with Crippen molar-refractivity contribution < 1.29 is 0 Å². The van der Waals surface area contributed by atoms with Gasteiger partial charge in [-0.25, -0.2) is 0 Å². The first-order valence-electron chi connectivity index (χ1n) is 15.3. The predicted octanol–water partition coefficient (Wildman–Crippen LogP) is 9.15. The van der Waals surface area contributed by atoms with Gasteiger partial charge in [-0.3, -0.25) is 0 Å². The van der Waals surface area contributed by atoms with Crippen molar-refractivity contribution in [2.24, 2.45) is 0 Å². The van der Waals surface area contributed by atoms with Crippen LogP contribution in [0.1, 0.15) is 81.0 Å². The Morgan fingerprint density at radius 3 is 1.82 bits per heavy atom. The second kappa shape index (κ2) is 11.3. The molecule has 0 unspecified atom stereocenters. The van der Waals surface area contributed by atoms with E-state index in [0.717, 1.165) is 32.6 Å². The molecule has 0 aliphatic carbocycles. The summed E-state index contributed by atoms with van der Waals surface area (Å²) in [6, 6.07) is 25.5. The van der Waals surface area contributed by atoms with Gasteiger partial charge in [0.05, 0.1) is 0 Å². The van der Waals surface area contributed by atoms with Crippen molar-refractivity contribution in [2.75, 3.05) is 18.0 Å². The van der Waals surface area contributed by atoms with Gasteiger partial charge in [0.25, 0.3) is 0 Å². The first kappa shape index (κ1) is 25.8. The first-order chi connectivity index (χ1) is 19.2. The van der Waals surface area contributed by atoms with E-state index in [4.69, 9.17) is 0 Å². The molecule has 3 heterocycles. The van der Waals surface area contributed by atoms with E-state index in [-0.39, 0.29) is 5.92 Å². The zero-order valence-corrected chi connectivity index (χ0v) is 24.0. The van der Waals surface area contributed by atoms with Crippen LogP contribution in [0.3, 0.4) is 0 Å². The molecule has 1 aliphatic heterocycles. The number of anilines is 1. The van der Waals surface area contributed by atoms with Crippen LogP contribution in [0.2, 0.25) is 0 Å². The van der Waals surface area contributed by atoms with Gasteiger partial charge in [-0.05, 0) is 66.1 Å². The van der Waals surface area contributed by atoms with Crippen molar-refractivity contribution in [3.63, 3.8) is 0 Å². The molecule has 5 aromatic rings. The molecule has 202 valence electrons. The van der Waals surface area contributed by atoms with Crippen LogP contribution >= 0.6 is 0 Å². The maximum Gasteiger partial charge on any atom is 0.0483 e. The van der Waals surface area contributed by atoms with Crippen LogP contribution in [0.5, 0.6) is 0 Å². The maximum absolute atomic E-state index is 2.57. The highest BCUT2D eigenvalue weighted by Crippen LogP contribution is 2.43. The number of aryl methyl sites for hydroxylation is 2. The van der Waals surface area contributed by atoms with Gasteiger partial charge < -0.3 is 14.0 Å². The zero-order valence-electron chi connectivity index (χ0n) is 24.0. The second-order valence-corrected chi connectivity index (χ2v) is 11.4. The fraction of sp³-hybridized carbons (Fsp3) is 0.389. The summed E-state index contributed by atoms with van der Waals surface area (Å²) in [4.78, 5) is 2.57. The van der Waals surface area contributed by atoms with Gasteiger partial charge in [-0.15, -0.1) is 0 Å². The molecule has 1 aliphatic rings. The Morgan fingerprint density at radius 2 is 1.26 bits per heavy atom. The van der Waals surface area contributed by atoms with Crippen LogP contribution < -0.4 is 4.90 Å². The Balaban J connectivity index is 1.57. The summed E-state index contributed by atoms with van der Waals surface area (Å²) in [5, 5.41) is 2.77. The Kier molecular flexibility index (Phi) is 7.50. The number of nitrogens with zero attached hydrogens (tertiary/aromatic N) is 3. The summed E-state index contributed by atoms with van der Waals surface area (Å²) in [5.41, 5.74) is 9.95. The van der Waals surface area contributed by atoms with E-state index in [9.17, 15) is 0 Å². The van der Waals surface area contributed by atoms with Crippen LogP contribution in [0, 0.1) is 0 Å². The number of fused-ring (bicyclic) bond motifs is 3. The summed E-state index contributed by atoms with van der Waals surface area (Å²) in [7, 11) is 0. The Bertz CT molecular complexity index is 1480. The number of aromatic nitrogens is 2. The molecule has 0 spiro atoms. The quantitative estimate of drug-likeness (QED) is 0.170. The molecule has 3 nitrogen and oxygen atoms in total. The van der Waals surface area contributed by atoms with Crippen molar-refractivity contribution in [1.82, 2.24) is 9.13 Å². The Morgan fingerprint density at radius 1 is 0.667 bits per heavy atom. The molecule has 0 atom stereocenters. The van der Waals surface area contributed by atoms with Crippen molar-refractivity contribution >= 4 is 27.5 Å². The number of para-hydroxylation sites is 2. The van der Waals surface area contributed by atoms with Gasteiger partial charge in [0, 0.05) is 72.0 Å². The molecule has 0 saturated heterocycles. The van der Waals surface area contributed by atoms with Gasteiger partial charge >= 0.3 is 0 Å². The molecule has 0 fully saturated rings. The molecule has 3 aromatic carbocycles. The largest absolute Gasteiger partial charge is 0.371 e. The van der Waals surface area contributed by atoms with Crippen molar-refractivity contribution in [1.29, 1.82) is 0 Å². The van der Waals surface area contributed by atoms with Gasteiger partial charge in [-0.2, -0.15) is 0 Å². The van der Waals surface area contributed by atoms with Crippen LogP contribution in [0.25, 0.3) is 21.8 Å². The summed E-state index contributed by atoms with van der Waals surface area (Å²) >= 11 is 0. The first-order valence-corrected chi connectivity index (χ1v) is 15.3. The van der Waals surface area contributed by atoms with Crippen LogP contribution in [-0.2, 0) is 19.5 Å². The lowest BCUT2D eigenvalue weighted by atomic mass is 9.84. The van der Waals surface area contributed by atoms with Crippen molar-refractivity contribution in [2.45, 2.75) is 78.3 Å². The van der Waals surface area contributed by atoms with Crippen molar-refractivity contribution in [3.05, 3.63) is 101 Å². The summed E-state index contributed by atoms with van der Waals surface area (Å²) in [6.07, 6.45) is 12.1. The molecule has 0 saturated carbocycles. The van der Waals surface area contributed by atoms with Gasteiger partial charge in [-0.1, -0.05) is 82.1 Å². The minimum atomic E-state index is 0.191. The van der Waals surface area contributed by atoms with E-state index in [1.165, 1.54) is 81.9 Å². The number of unbranched alkanes of at least 4 members (excludes halogenated alkanes) is 2. The third-order valence-corrected chi connectivity index (χ3v) is 8.69. The molecule has 3 heteroatoms. The lowest BCUT2D eigenvalue weighted by Crippen LogP contribution is -2.20. The molecule has 39 heavy (non-hydrogen) atoms. The molecular formula is C36H43N3. The third-order valence-electron chi connectivity index (χ3n) is 8.69. The SMILES string of the molecule is CCCCn1cc(C(c2ccc3c(c2)CCN3CCC)c2cn(CCCC)c3ccccc23)c2ccccc21. The minimum Gasteiger partial charge on any atom is -0.371 e. The number of hydrogen-bond donors (Lipinski definition) is 0. The third kappa shape index (κ3) is 4.77. The highest BCUT2D eigenvalue weighted by Gasteiger charge is 2.27. The van der Waals surface area contributed by atoms with Crippen LogP contribution in [0.15, 0.2) is 79.1 Å². The summed E-state index contributed by atoms with van der Waals surface area (Å²) < 4.78 is 5.02. The normalized spacial score (nSPS) is 13.3. The zero-order chi connectivity index (χ0) is 26.8.